The summed E-state index contributed by atoms with van der Waals surface area (Å²) in [5.74, 6) is -0.0771. The molecule has 0 unspecified atom stereocenters. The van der Waals surface area contributed by atoms with E-state index in [4.69, 9.17) is 22.9 Å². The van der Waals surface area contributed by atoms with Crippen LogP contribution in [0.1, 0.15) is 11.1 Å². The Labute approximate surface area is 104 Å². The average Bonchev–Trinajstić information content (AvgIpc) is 2.28. The van der Waals surface area contributed by atoms with Crippen LogP contribution < -0.4 is 33.1 Å². The maximum atomic E-state index is 5.17. The summed E-state index contributed by atoms with van der Waals surface area (Å²) >= 11 is 0. The van der Waals surface area contributed by atoms with E-state index in [2.05, 4.69) is 20.4 Å². The summed E-state index contributed by atoms with van der Waals surface area (Å²) in [6.45, 7) is 0. The van der Waals surface area contributed by atoms with E-state index in [1.54, 1.807) is 12.4 Å². The van der Waals surface area contributed by atoms with Crippen LogP contribution in [0.15, 0.2) is 34.5 Å². The Morgan fingerprint density at radius 3 is 1.72 bits per heavy atom. The molecule has 8 nitrogen and oxygen atoms in total. The second-order valence-corrected chi connectivity index (χ2v) is 3.29. The molecular formula is C10H16N8+2. The van der Waals surface area contributed by atoms with Gasteiger partial charge in [0.15, 0.2) is 0 Å². The van der Waals surface area contributed by atoms with E-state index in [1.807, 2.05) is 24.3 Å². The molecule has 8 heteroatoms. The summed E-state index contributed by atoms with van der Waals surface area (Å²) in [4.78, 5) is 0. The van der Waals surface area contributed by atoms with Gasteiger partial charge in [0.2, 0.25) is 12.4 Å². The summed E-state index contributed by atoms with van der Waals surface area (Å²) in [5.41, 5.74) is 22.5. The van der Waals surface area contributed by atoms with Gasteiger partial charge in [-0.1, -0.05) is 6.07 Å². The van der Waals surface area contributed by atoms with Crippen molar-refractivity contribution in [3.63, 3.8) is 0 Å². The summed E-state index contributed by atoms with van der Waals surface area (Å²) in [6.07, 6.45) is 3.30. The minimum Gasteiger partial charge on any atom is -0.365 e. The molecule has 0 bridgehead atoms. The zero-order chi connectivity index (χ0) is 13.4. The van der Waals surface area contributed by atoms with Crippen LogP contribution in [0.25, 0.3) is 0 Å². The molecule has 94 valence electrons. The van der Waals surface area contributed by atoms with Gasteiger partial charge in [0.1, 0.15) is 0 Å². The lowest BCUT2D eigenvalue weighted by atomic mass is 10.1. The number of hydrogen-bond acceptors (Lipinski definition) is 2. The lowest BCUT2D eigenvalue weighted by Gasteiger charge is -1.89. The highest BCUT2D eigenvalue weighted by atomic mass is 15.3. The smallest absolute Gasteiger partial charge is 0.256 e. The van der Waals surface area contributed by atoms with Crippen molar-refractivity contribution in [2.24, 2.45) is 33.1 Å². The molecule has 0 aliphatic carbocycles. The van der Waals surface area contributed by atoms with Gasteiger partial charge < -0.3 is 22.9 Å². The number of rotatable bonds is 4. The number of benzene rings is 1. The van der Waals surface area contributed by atoms with Gasteiger partial charge in [-0.25, -0.2) is 0 Å². The normalized spacial score (nSPS) is 10.7. The zero-order valence-electron chi connectivity index (χ0n) is 9.67. The van der Waals surface area contributed by atoms with Crippen molar-refractivity contribution in [1.29, 1.82) is 0 Å². The fourth-order valence-electron chi connectivity index (χ4n) is 1.10. The highest BCUT2D eigenvalue weighted by Crippen LogP contribution is 1.98. The van der Waals surface area contributed by atoms with Crippen LogP contribution in [0, 0.1) is 0 Å². The van der Waals surface area contributed by atoms with Crippen molar-refractivity contribution < 1.29 is 10.2 Å². The Hall–Kier alpha value is -2.90. The van der Waals surface area contributed by atoms with Crippen molar-refractivity contribution in [3.05, 3.63) is 35.4 Å². The molecule has 1 rings (SSSR count). The quantitative estimate of drug-likeness (QED) is 0.179. The molecule has 18 heavy (non-hydrogen) atoms. The Morgan fingerprint density at radius 2 is 1.33 bits per heavy atom. The summed E-state index contributed by atoms with van der Waals surface area (Å²) in [7, 11) is 0. The molecule has 0 radical (unpaired) electrons. The van der Waals surface area contributed by atoms with E-state index >= 15 is 0 Å². The molecule has 0 atom stereocenters. The van der Waals surface area contributed by atoms with Crippen molar-refractivity contribution in [3.8, 4) is 0 Å². The third kappa shape index (κ3) is 5.26. The molecule has 0 saturated carbocycles. The molecule has 0 aromatic heterocycles. The van der Waals surface area contributed by atoms with Gasteiger partial charge in [-0.2, -0.15) is 0 Å². The first-order chi connectivity index (χ1) is 8.58. The zero-order valence-corrected chi connectivity index (χ0v) is 9.67. The molecule has 0 amide bonds. The van der Waals surface area contributed by atoms with E-state index in [-0.39, 0.29) is 11.9 Å². The van der Waals surface area contributed by atoms with Crippen LogP contribution in [-0.4, -0.2) is 24.3 Å². The van der Waals surface area contributed by atoms with Gasteiger partial charge in [-0.05, 0) is 18.2 Å². The Morgan fingerprint density at radius 1 is 0.889 bits per heavy atom. The molecule has 0 aliphatic heterocycles. The van der Waals surface area contributed by atoms with Gasteiger partial charge in [0, 0.05) is 21.3 Å². The number of nitrogens with zero attached hydrogens (tertiary/aromatic N) is 2. The monoisotopic (exact) mass is 248 g/mol. The van der Waals surface area contributed by atoms with E-state index in [0.29, 0.717) is 0 Å². The van der Waals surface area contributed by atoms with Crippen LogP contribution in [0.2, 0.25) is 0 Å². The van der Waals surface area contributed by atoms with E-state index in [1.165, 1.54) is 0 Å². The predicted octanol–water partition coefficient (Wildman–Crippen LogP) is -4.94. The van der Waals surface area contributed by atoms with Crippen molar-refractivity contribution in [2.75, 3.05) is 0 Å². The lowest BCUT2D eigenvalue weighted by Crippen LogP contribution is -2.64. The third-order valence-electron chi connectivity index (χ3n) is 1.76. The largest absolute Gasteiger partial charge is 0.365 e. The SMILES string of the molecule is NC(N)=N[NH+]=Cc1cccc(C=[NH+]N=C(N)N)c1. The lowest BCUT2D eigenvalue weighted by molar-refractivity contribution is -0.456. The fraction of sp³-hybridized carbons (Fsp3) is 0. The van der Waals surface area contributed by atoms with Gasteiger partial charge in [0.25, 0.3) is 11.9 Å². The summed E-state index contributed by atoms with van der Waals surface area (Å²) in [5, 5.41) is 12.5. The first kappa shape index (κ1) is 13.2. The van der Waals surface area contributed by atoms with Crippen LogP contribution in [0.4, 0.5) is 0 Å². The van der Waals surface area contributed by atoms with Gasteiger partial charge in [0.05, 0.1) is 0 Å². The average molecular weight is 248 g/mol. The molecule has 1 aromatic carbocycles. The van der Waals surface area contributed by atoms with Crippen molar-refractivity contribution in [2.45, 2.75) is 0 Å². The highest BCUT2D eigenvalue weighted by Gasteiger charge is 1.96. The topological polar surface area (TPSA) is 157 Å². The summed E-state index contributed by atoms with van der Waals surface area (Å²) < 4.78 is 0. The Balaban J connectivity index is 2.80. The fourth-order valence-corrected chi connectivity index (χ4v) is 1.10. The predicted molar refractivity (Wildman–Crippen MR) is 70.3 cm³/mol. The first-order valence-electron chi connectivity index (χ1n) is 5.03. The van der Waals surface area contributed by atoms with E-state index in [9.17, 15) is 0 Å². The van der Waals surface area contributed by atoms with Crippen LogP contribution in [0.5, 0.6) is 0 Å². The van der Waals surface area contributed by atoms with Gasteiger partial charge >= 0.3 is 0 Å². The molecule has 10 N–H and O–H groups in total. The number of nitrogens with one attached hydrogen (secondary N) is 2. The number of guanidine groups is 2. The van der Waals surface area contributed by atoms with Crippen LogP contribution in [0.3, 0.4) is 0 Å². The van der Waals surface area contributed by atoms with Crippen LogP contribution >= 0.6 is 0 Å². The number of hydrazone groups is 2. The van der Waals surface area contributed by atoms with Gasteiger partial charge in [-0.3, -0.25) is 0 Å². The van der Waals surface area contributed by atoms with E-state index in [0.717, 1.165) is 11.1 Å². The van der Waals surface area contributed by atoms with Crippen molar-refractivity contribution >= 4 is 24.3 Å². The van der Waals surface area contributed by atoms with Gasteiger partial charge in [-0.15, -0.1) is 10.2 Å². The minimum atomic E-state index is -0.0385. The second kappa shape index (κ2) is 6.63. The number of hydrogen-bond donors (Lipinski definition) is 6. The molecule has 0 aliphatic rings. The summed E-state index contributed by atoms with van der Waals surface area (Å²) in [6, 6.07) is 7.51. The molecular weight excluding hydrogens is 232 g/mol. The maximum Gasteiger partial charge on any atom is 0.256 e. The highest BCUT2D eigenvalue weighted by molar-refractivity contribution is 5.82. The molecule has 0 heterocycles. The first-order valence-corrected chi connectivity index (χ1v) is 5.03. The molecule has 0 fully saturated rings. The number of nitrogens with two attached hydrogens (primary N) is 4. The van der Waals surface area contributed by atoms with Crippen molar-refractivity contribution in [1.82, 2.24) is 0 Å². The molecule has 0 saturated heterocycles. The molecule has 1 aromatic rings. The second-order valence-electron chi connectivity index (χ2n) is 3.29. The maximum absolute atomic E-state index is 5.17. The standard InChI is InChI=1S/C10H14N8/c11-9(12)17-15-5-7-2-1-3-8(4-7)6-16-18-10(13)14/h1-6H,(H4,11,12,17)(H4,13,14,18)/p+2. The Bertz CT molecular complexity index is 463. The van der Waals surface area contributed by atoms with Crippen LogP contribution in [-0.2, 0) is 0 Å². The van der Waals surface area contributed by atoms with E-state index < -0.39 is 0 Å². The minimum absolute atomic E-state index is 0.0385. The Kier molecular flexibility index (Phi) is 4.85. The third-order valence-corrected chi connectivity index (χ3v) is 1.76. The molecule has 0 spiro atoms.